The second kappa shape index (κ2) is 4.51. The Labute approximate surface area is 126 Å². The summed E-state index contributed by atoms with van der Waals surface area (Å²) in [6, 6.07) is 4.92. The highest BCUT2D eigenvalue weighted by Crippen LogP contribution is 2.49. The molecule has 3 rings (SSSR count). The van der Waals surface area contributed by atoms with Gasteiger partial charge in [-0.3, -0.25) is 4.79 Å². The minimum absolute atomic E-state index is 0.0859. The number of carbonyl (C=O) groups is 1. The molecule has 1 heterocycles. The monoisotopic (exact) mass is 334 g/mol. The van der Waals surface area contributed by atoms with Gasteiger partial charge in [-0.2, -0.15) is 13.2 Å². The maximum Gasteiger partial charge on any atom is 0.411 e. The quantitative estimate of drug-likeness (QED) is 0.873. The van der Waals surface area contributed by atoms with Crippen LogP contribution >= 0.6 is 22.9 Å². The smallest absolute Gasteiger partial charge is 0.397 e. The normalized spacial score (nSPS) is 17.0. The fourth-order valence-electron chi connectivity index (χ4n) is 2.14. The lowest BCUT2D eigenvalue weighted by Crippen LogP contribution is -2.47. The molecule has 0 aliphatic heterocycles. The number of nitrogens with one attached hydrogen (secondary N) is 1. The number of hydrogen-bond acceptors (Lipinski definition) is 3. The Morgan fingerprint density at radius 1 is 1.38 bits per heavy atom. The average Bonchev–Trinajstić information content (AvgIpc) is 3.10. The summed E-state index contributed by atoms with van der Waals surface area (Å²) in [5.74, 6) is -0.792. The molecule has 0 radical (unpaired) electrons. The van der Waals surface area contributed by atoms with E-state index in [1.54, 1.807) is 18.2 Å². The molecule has 0 saturated heterocycles. The molecule has 0 unspecified atom stereocenters. The van der Waals surface area contributed by atoms with Crippen LogP contribution in [0.1, 0.15) is 22.5 Å². The summed E-state index contributed by atoms with van der Waals surface area (Å²) in [7, 11) is 0. The lowest BCUT2D eigenvalue weighted by Gasteiger charge is -2.20. The summed E-state index contributed by atoms with van der Waals surface area (Å²) in [6.07, 6.45) is -4.64. The van der Waals surface area contributed by atoms with Crippen molar-refractivity contribution in [2.75, 3.05) is 5.73 Å². The lowest BCUT2D eigenvalue weighted by molar-refractivity contribution is -0.163. The molecule has 1 fully saturated rings. The second-order valence-electron chi connectivity index (χ2n) is 5.02. The predicted octanol–water partition coefficient (Wildman–Crippen LogP) is 3.96. The number of fused-ring (bicyclic) bond motifs is 1. The Balaban J connectivity index is 1.94. The van der Waals surface area contributed by atoms with E-state index in [1.165, 1.54) is 0 Å². The van der Waals surface area contributed by atoms with Crippen molar-refractivity contribution in [3.8, 4) is 0 Å². The van der Waals surface area contributed by atoms with Gasteiger partial charge in [-0.15, -0.1) is 11.3 Å². The van der Waals surface area contributed by atoms with Crippen LogP contribution in [0.15, 0.2) is 18.2 Å². The number of thiophene rings is 1. The third-order valence-electron chi connectivity index (χ3n) is 3.54. The third kappa shape index (κ3) is 2.34. The first-order valence-corrected chi connectivity index (χ1v) is 7.30. The van der Waals surface area contributed by atoms with Crippen LogP contribution in [0.3, 0.4) is 0 Å². The molecule has 2 aromatic rings. The van der Waals surface area contributed by atoms with E-state index < -0.39 is 17.6 Å². The van der Waals surface area contributed by atoms with Crippen molar-refractivity contribution >= 4 is 44.6 Å². The number of hydrogen-bond donors (Lipinski definition) is 2. The number of nitrogens with two attached hydrogens (primary N) is 1. The molecule has 1 saturated carbocycles. The van der Waals surface area contributed by atoms with E-state index in [0.29, 0.717) is 15.1 Å². The van der Waals surface area contributed by atoms with Gasteiger partial charge >= 0.3 is 6.18 Å². The molecule has 1 aromatic heterocycles. The Morgan fingerprint density at radius 3 is 2.62 bits per heavy atom. The zero-order valence-corrected chi connectivity index (χ0v) is 12.1. The van der Waals surface area contributed by atoms with Crippen LogP contribution in [0.5, 0.6) is 0 Å². The highest BCUT2D eigenvalue weighted by molar-refractivity contribution is 7.21. The predicted molar refractivity (Wildman–Crippen MR) is 76.7 cm³/mol. The molecule has 0 bridgehead atoms. The molecule has 21 heavy (non-hydrogen) atoms. The molecule has 8 heteroatoms. The Morgan fingerprint density at radius 2 is 2.05 bits per heavy atom. The summed E-state index contributed by atoms with van der Waals surface area (Å²) in [5, 5.41) is 3.10. The van der Waals surface area contributed by atoms with Crippen molar-refractivity contribution in [3.05, 3.63) is 28.1 Å². The molecular formula is C13H10ClF3N2OS. The number of nitrogen functional groups attached to an aromatic ring is 1. The van der Waals surface area contributed by atoms with Gasteiger partial charge in [-0.25, -0.2) is 0 Å². The van der Waals surface area contributed by atoms with Crippen molar-refractivity contribution in [3.63, 3.8) is 0 Å². The summed E-state index contributed by atoms with van der Waals surface area (Å²) in [4.78, 5) is 12.2. The van der Waals surface area contributed by atoms with Crippen molar-refractivity contribution in [1.29, 1.82) is 0 Å². The van der Waals surface area contributed by atoms with Crippen LogP contribution in [-0.2, 0) is 0 Å². The molecule has 0 spiro atoms. The zero-order chi connectivity index (χ0) is 15.4. The highest BCUT2D eigenvalue weighted by Gasteiger charge is 2.64. The van der Waals surface area contributed by atoms with Gasteiger partial charge in [0.1, 0.15) is 10.4 Å². The number of anilines is 1. The largest absolute Gasteiger partial charge is 0.411 e. The number of halogens is 4. The van der Waals surface area contributed by atoms with Crippen molar-refractivity contribution < 1.29 is 18.0 Å². The molecule has 0 atom stereocenters. The van der Waals surface area contributed by atoms with Gasteiger partial charge in [0.15, 0.2) is 0 Å². The number of rotatable bonds is 2. The van der Waals surface area contributed by atoms with Gasteiger partial charge in [-0.1, -0.05) is 11.6 Å². The SMILES string of the molecule is Nc1c(C(=O)NC2(C(F)(F)F)CC2)sc2ccc(Cl)cc12. The van der Waals surface area contributed by atoms with Gasteiger partial charge in [0.25, 0.3) is 5.91 Å². The van der Waals surface area contributed by atoms with Crippen molar-refractivity contribution in [1.82, 2.24) is 5.32 Å². The van der Waals surface area contributed by atoms with Gasteiger partial charge in [0.2, 0.25) is 0 Å². The topological polar surface area (TPSA) is 55.1 Å². The molecule has 3 N–H and O–H groups in total. The summed E-state index contributed by atoms with van der Waals surface area (Å²) < 4.78 is 39.3. The highest BCUT2D eigenvalue weighted by atomic mass is 35.5. The number of benzene rings is 1. The van der Waals surface area contributed by atoms with Crippen LogP contribution in [-0.4, -0.2) is 17.6 Å². The van der Waals surface area contributed by atoms with Crippen LogP contribution in [0.4, 0.5) is 18.9 Å². The zero-order valence-electron chi connectivity index (χ0n) is 10.6. The van der Waals surface area contributed by atoms with Crippen molar-refractivity contribution in [2.24, 2.45) is 0 Å². The van der Waals surface area contributed by atoms with E-state index in [9.17, 15) is 18.0 Å². The van der Waals surface area contributed by atoms with E-state index in [2.05, 4.69) is 5.32 Å². The molecular weight excluding hydrogens is 325 g/mol. The molecule has 1 aliphatic rings. The average molecular weight is 335 g/mol. The number of alkyl halides is 3. The van der Waals surface area contributed by atoms with Gasteiger partial charge in [0.05, 0.1) is 5.69 Å². The number of carbonyl (C=O) groups excluding carboxylic acids is 1. The third-order valence-corrected chi connectivity index (χ3v) is 4.96. The molecule has 1 aromatic carbocycles. The van der Waals surface area contributed by atoms with Crippen LogP contribution < -0.4 is 11.1 Å². The molecule has 1 aliphatic carbocycles. The van der Waals surface area contributed by atoms with E-state index in [1.807, 2.05) is 0 Å². The van der Waals surface area contributed by atoms with E-state index in [-0.39, 0.29) is 23.4 Å². The first-order valence-electron chi connectivity index (χ1n) is 6.10. The minimum atomic E-state index is -4.45. The van der Waals surface area contributed by atoms with Gasteiger partial charge < -0.3 is 11.1 Å². The van der Waals surface area contributed by atoms with Gasteiger partial charge in [0, 0.05) is 15.1 Å². The number of amides is 1. The van der Waals surface area contributed by atoms with Crippen LogP contribution in [0, 0.1) is 0 Å². The van der Waals surface area contributed by atoms with Crippen LogP contribution in [0.25, 0.3) is 10.1 Å². The fourth-order valence-corrected chi connectivity index (χ4v) is 3.31. The Bertz CT molecular complexity index is 737. The van der Waals surface area contributed by atoms with Gasteiger partial charge in [-0.05, 0) is 31.0 Å². The first kappa shape index (κ1) is 14.5. The standard InChI is InChI=1S/C13H10ClF3N2OS/c14-6-1-2-8-7(5-6)9(18)10(21-8)11(20)19-12(3-4-12)13(15,16)17/h1-2,5H,3-4,18H2,(H,19,20). The van der Waals surface area contributed by atoms with E-state index in [0.717, 1.165) is 11.3 Å². The fraction of sp³-hybridized carbons (Fsp3) is 0.308. The maximum atomic E-state index is 12.9. The van der Waals surface area contributed by atoms with Crippen molar-refractivity contribution in [2.45, 2.75) is 24.6 Å². The summed E-state index contributed by atoms with van der Waals surface area (Å²) in [5.41, 5.74) is 3.93. The Kier molecular flexibility index (Phi) is 3.11. The Hall–Kier alpha value is -1.47. The minimum Gasteiger partial charge on any atom is -0.397 e. The van der Waals surface area contributed by atoms with E-state index in [4.69, 9.17) is 17.3 Å². The molecule has 112 valence electrons. The molecule has 3 nitrogen and oxygen atoms in total. The first-order chi connectivity index (χ1) is 9.73. The summed E-state index contributed by atoms with van der Waals surface area (Å²) in [6.45, 7) is 0. The molecule has 1 amide bonds. The second-order valence-corrected chi connectivity index (χ2v) is 6.51. The lowest BCUT2D eigenvalue weighted by atomic mass is 10.2. The van der Waals surface area contributed by atoms with E-state index >= 15 is 0 Å². The van der Waals surface area contributed by atoms with Crippen LogP contribution in [0.2, 0.25) is 5.02 Å². The maximum absolute atomic E-state index is 12.9. The summed E-state index contributed by atoms with van der Waals surface area (Å²) >= 11 is 6.91.